The van der Waals surface area contributed by atoms with E-state index in [2.05, 4.69) is 17.6 Å². The first-order chi connectivity index (χ1) is 40.0. The number of nitrogens with one attached hydrogen (secondary N) is 2. The number of benzene rings is 2. The molecule has 7 fully saturated rings. The Balaban J connectivity index is 0.929. The number of aliphatic hydroxyl groups is 2. The van der Waals surface area contributed by atoms with E-state index >= 15 is 28.0 Å². The number of ketones is 2. The van der Waals surface area contributed by atoms with Crippen LogP contribution < -0.4 is 40.8 Å². The zero-order valence-electron chi connectivity index (χ0n) is 49.6. The number of aliphatic hydroxyl groups excluding tert-OH is 1. The summed E-state index contributed by atoms with van der Waals surface area (Å²) in [7, 11) is 2.81. The number of rotatable bonds is 14. The van der Waals surface area contributed by atoms with Crippen LogP contribution in [0, 0.1) is 67.9 Å². The van der Waals surface area contributed by atoms with Gasteiger partial charge in [0.25, 0.3) is 0 Å². The second kappa shape index (κ2) is 21.3. The van der Waals surface area contributed by atoms with Crippen LogP contribution in [-0.2, 0) is 23.8 Å². The number of hydrogen-bond donors (Lipinski definition) is 4. The molecule has 2 saturated heterocycles. The lowest BCUT2D eigenvalue weighted by atomic mass is 9.45. The zero-order valence-corrected chi connectivity index (χ0v) is 49.6. The number of piperazine rings is 2. The van der Waals surface area contributed by atoms with Gasteiger partial charge in [0, 0.05) is 98.3 Å². The molecule has 4 heterocycles. The first kappa shape index (κ1) is 58.1. The summed E-state index contributed by atoms with van der Waals surface area (Å²) in [6.07, 6.45) is 6.25. The molecule has 8 aliphatic rings. The van der Waals surface area contributed by atoms with Crippen LogP contribution in [0.1, 0.15) is 147 Å². The fraction of sp³-hybridized carbons (Fsp3) is 0.619. The normalized spacial score (nSPS) is 29.0. The van der Waals surface area contributed by atoms with E-state index in [0.717, 1.165) is 5.57 Å². The van der Waals surface area contributed by atoms with Gasteiger partial charge in [0.05, 0.1) is 42.1 Å². The Morgan fingerprint density at radius 2 is 1.29 bits per heavy atom. The van der Waals surface area contributed by atoms with E-state index in [-0.39, 0.29) is 111 Å². The molecule has 5 saturated carbocycles. The van der Waals surface area contributed by atoms with E-state index in [1.54, 1.807) is 36.0 Å². The molecule has 12 rings (SSSR count). The Morgan fingerprint density at radius 3 is 1.81 bits per heavy atom. The maximum absolute atomic E-state index is 17.0. The lowest BCUT2D eigenvalue weighted by Crippen LogP contribution is -2.62. The molecule has 2 unspecified atom stereocenters. The van der Waals surface area contributed by atoms with E-state index in [4.69, 9.17) is 23.7 Å². The van der Waals surface area contributed by atoms with Gasteiger partial charge >= 0.3 is 18.4 Å². The average Bonchev–Trinajstić information content (AvgIpc) is 1.68. The van der Waals surface area contributed by atoms with Crippen LogP contribution in [0.25, 0.3) is 21.8 Å². The van der Waals surface area contributed by atoms with Gasteiger partial charge in [-0.3, -0.25) is 19.2 Å². The predicted octanol–water partition coefficient (Wildman–Crippen LogP) is 6.84. The number of aromatic nitrogens is 2. The molecule has 84 heavy (non-hydrogen) atoms. The lowest BCUT2D eigenvalue weighted by molar-refractivity contribution is -0.237. The molecule has 0 spiro atoms. The van der Waals surface area contributed by atoms with Crippen molar-refractivity contribution in [3.8, 4) is 11.5 Å². The molecular formula is C63H78F2N6O13. The minimum absolute atomic E-state index is 0.00687. The molecule has 4 aromatic rings. The van der Waals surface area contributed by atoms with Crippen molar-refractivity contribution in [1.29, 1.82) is 0 Å². The molecule has 0 amide bonds. The highest BCUT2D eigenvalue weighted by atomic mass is 19.1. The number of carbonyl (C=O) groups excluding carboxylic acids is 4. The highest BCUT2D eigenvalue weighted by Crippen LogP contribution is 2.68. The Hall–Kier alpha value is -6.26. The lowest BCUT2D eigenvalue weighted by Gasteiger charge is -2.60. The maximum atomic E-state index is 17.0. The van der Waals surface area contributed by atoms with Gasteiger partial charge in [-0.05, 0) is 128 Å². The molecule has 2 aromatic heterocycles. The average molecular weight is 1170 g/mol. The van der Waals surface area contributed by atoms with E-state index in [1.807, 2.05) is 16.7 Å². The number of carbonyl (C=O) groups is 4. The van der Waals surface area contributed by atoms with Crippen molar-refractivity contribution in [2.24, 2.45) is 28.6 Å². The van der Waals surface area contributed by atoms with E-state index in [9.17, 15) is 19.8 Å². The predicted molar refractivity (Wildman–Crippen MR) is 308 cm³/mol. The van der Waals surface area contributed by atoms with Gasteiger partial charge in [0.1, 0.15) is 34.7 Å². The number of aryl methyl sites for hydroxylation is 2. The number of anilines is 2. The van der Waals surface area contributed by atoms with Crippen molar-refractivity contribution in [3.05, 3.63) is 77.4 Å². The molecule has 6 aliphatic carbocycles. The summed E-state index contributed by atoms with van der Waals surface area (Å²) in [6.45, 7) is 12.1. The van der Waals surface area contributed by atoms with Crippen molar-refractivity contribution >= 4 is 56.7 Å². The molecule has 0 radical (unpaired) electrons. The molecular weight excluding hydrogens is 1090 g/mol. The van der Waals surface area contributed by atoms with E-state index in [0.29, 0.717) is 115 Å². The first-order valence-corrected chi connectivity index (χ1v) is 30.1. The van der Waals surface area contributed by atoms with Crippen LogP contribution in [0.3, 0.4) is 0 Å². The number of allylic oxidation sites excluding steroid dienone is 1. The number of methoxy groups -OCH3 is 2. The molecule has 0 bridgehead atoms. The minimum Gasteiger partial charge on any atom is -0.492 e. The van der Waals surface area contributed by atoms with Crippen molar-refractivity contribution in [1.82, 2.24) is 19.8 Å². The number of ether oxygens (including phenoxy) is 5. The number of nitrogens with zero attached hydrogens (tertiary/aromatic N) is 4. The number of Topliss-reactive ketones (excluding diaryl/α,β-unsaturated/α-hetero) is 1. The van der Waals surface area contributed by atoms with Crippen molar-refractivity contribution in [2.75, 3.05) is 76.4 Å². The molecule has 19 nitrogen and oxygen atoms in total. The molecule has 21 heteroatoms. The summed E-state index contributed by atoms with van der Waals surface area (Å²) in [5, 5.41) is 31.4. The van der Waals surface area contributed by atoms with Gasteiger partial charge in [0.2, 0.25) is 10.9 Å². The van der Waals surface area contributed by atoms with Crippen molar-refractivity contribution in [3.63, 3.8) is 0 Å². The van der Waals surface area contributed by atoms with Gasteiger partial charge in [-0.1, -0.05) is 19.4 Å². The Kier molecular flexibility index (Phi) is 14.7. The third kappa shape index (κ3) is 8.92. The maximum Gasteiger partial charge on any atom is 0.365 e. The van der Waals surface area contributed by atoms with Crippen molar-refractivity contribution in [2.45, 2.75) is 155 Å². The zero-order chi connectivity index (χ0) is 59.8. The second-order valence-electron chi connectivity index (χ2n) is 25.7. The largest absolute Gasteiger partial charge is 0.492 e. The molecule has 4 N–H and O–H groups in total. The van der Waals surface area contributed by atoms with Gasteiger partial charge in [-0.15, -0.1) is 0 Å². The van der Waals surface area contributed by atoms with Crippen LogP contribution in [0.5, 0.6) is 11.5 Å². The third-order valence-electron chi connectivity index (χ3n) is 21.0. The summed E-state index contributed by atoms with van der Waals surface area (Å²) in [5.41, 5.74) is -4.32. The minimum atomic E-state index is -2.46. The summed E-state index contributed by atoms with van der Waals surface area (Å²) in [6, 6.07) is -0.434. The summed E-state index contributed by atoms with van der Waals surface area (Å²) < 4.78 is 67.5. The smallest absolute Gasteiger partial charge is 0.365 e. The molecule has 452 valence electrons. The Morgan fingerprint density at radius 1 is 0.750 bits per heavy atom. The SMILES string of the molecule is COc1c(N2CCNCC2)c(F)c(C)c2c(=O)c(C(=O)OC(OCC(=O)[C@@]3(O)CC[C@H]4[C@@H]5CCC6=CC(=O)CC[C@]6(C)[C@H]5[C@@H](O)C[C@@]43C)OC(=O)c3c(C)n(C4CC4)c4c(OC)c(N5CCNC(C)C5)c(F)c(C)c4c3=O)c(C)n(C3CC3)c12. The van der Waals surface area contributed by atoms with E-state index < -0.39 is 87.0 Å². The summed E-state index contributed by atoms with van der Waals surface area (Å²) >= 11 is 0. The van der Waals surface area contributed by atoms with Gasteiger partial charge < -0.3 is 63.5 Å². The highest BCUT2D eigenvalue weighted by Gasteiger charge is 2.68. The van der Waals surface area contributed by atoms with Crippen LogP contribution >= 0.6 is 0 Å². The molecule has 2 aliphatic heterocycles. The molecule has 2 aromatic carbocycles. The standard InChI is InChI=1S/C63H78F2N6O13/c1-30-28-69(25-22-67-30)53-49(65)32(3)44-51(57(53)81-9)71(37-13-14-37)34(5)46(55(44)76)59(78)84-60(82-29-42(74)63(79)19-17-40-39-15-10-35-26-38(72)16-18-61(35,6)47(39)41(73)27-62(40,63)7)83-58(77)45-33(4)70(36-11-12-36)50-43(54(45)75)31(2)48(64)52(56(50)80-8)68-23-20-66-21-24-68/h26,30,36-37,39-41,47,60,66-67,73,79H,10-25,27-29H2,1-9H3/t30?,39-,40-,41-,47+,60?,61-,62-,63-/m0/s1. The van der Waals surface area contributed by atoms with E-state index in [1.165, 1.54) is 28.1 Å². The monoisotopic (exact) mass is 1160 g/mol. The fourth-order valence-electron chi connectivity index (χ4n) is 16.6. The Labute approximate surface area is 485 Å². The number of pyridine rings is 2. The summed E-state index contributed by atoms with van der Waals surface area (Å²) in [5.74, 6) is -5.13. The first-order valence-electron chi connectivity index (χ1n) is 30.1. The molecule has 9 atom stereocenters. The van der Waals surface area contributed by atoms with Crippen LogP contribution in [0.15, 0.2) is 21.2 Å². The van der Waals surface area contributed by atoms with Gasteiger partial charge in [0.15, 0.2) is 34.7 Å². The quantitative estimate of drug-likeness (QED) is 0.0748. The van der Waals surface area contributed by atoms with Crippen molar-refractivity contribution < 1.29 is 61.9 Å². The number of fused-ring (bicyclic) bond motifs is 7. The summed E-state index contributed by atoms with van der Waals surface area (Å²) in [4.78, 5) is 91.6. The van der Waals surface area contributed by atoms with Gasteiger partial charge in [-0.2, -0.15) is 0 Å². The fourth-order valence-corrected chi connectivity index (χ4v) is 16.6. The van der Waals surface area contributed by atoms with Crippen LogP contribution in [-0.4, -0.2) is 134 Å². The number of hydrogen-bond acceptors (Lipinski definition) is 17. The topological polar surface area (TPSA) is 229 Å². The highest BCUT2D eigenvalue weighted by molar-refractivity contribution is 6.02. The van der Waals surface area contributed by atoms with Crippen LogP contribution in [0.2, 0.25) is 0 Å². The third-order valence-corrected chi connectivity index (χ3v) is 21.0. The number of esters is 2. The second-order valence-corrected chi connectivity index (χ2v) is 25.7. The van der Waals surface area contributed by atoms with Crippen LogP contribution in [0.4, 0.5) is 20.2 Å². The Bertz CT molecular complexity index is 3620. The van der Waals surface area contributed by atoms with Gasteiger partial charge in [-0.25, -0.2) is 18.4 Å². The number of halogens is 2.